The Balaban J connectivity index is 1.47. The Bertz CT molecular complexity index is 1820. The summed E-state index contributed by atoms with van der Waals surface area (Å²) in [5.41, 5.74) is 5.51. The van der Waals surface area contributed by atoms with E-state index in [0.29, 0.717) is 11.6 Å². The molecule has 5 aromatic rings. The molecule has 0 spiro atoms. The number of amides is 3. The molecule has 3 amide bonds. The summed E-state index contributed by atoms with van der Waals surface area (Å²) in [6.45, 7) is -1.57. The lowest BCUT2D eigenvalue weighted by Gasteiger charge is -2.22. The molecule has 4 N–H and O–H groups in total. The molecule has 0 aliphatic heterocycles. The van der Waals surface area contributed by atoms with Gasteiger partial charge in [-0.2, -0.15) is 31.4 Å². The van der Waals surface area contributed by atoms with Crippen LogP contribution in [0, 0.1) is 0 Å². The van der Waals surface area contributed by atoms with Gasteiger partial charge < -0.3 is 16.4 Å². The van der Waals surface area contributed by atoms with Crippen LogP contribution in [0.25, 0.3) is 16.6 Å². The van der Waals surface area contributed by atoms with E-state index in [-0.39, 0.29) is 33.8 Å². The van der Waals surface area contributed by atoms with Crippen LogP contribution < -0.4 is 21.3 Å². The molecular weight excluding hydrogens is 596 g/mol. The number of aromatic nitrogens is 5. The predicted octanol–water partition coefficient (Wildman–Crippen LogP) is 5.45. The Morgan fingerprint density at radius 1 is 0.932 bits per heavy atom. The molecule has 0 saturated heterocycles. The van der Waals surface area contributed by atoms with Crippen molar-refractivity contribution in [2.75, 3.05) is 22.5 Å². The summed E-state index contributed by atoms with van der Waals surface area (Å²) in [5.74, 6) is -1.63. The van der Waals surface area contributed by atoms with Gasteiger partial charge in [0, 0.05) is 23.6 Å². The number of halogens is 6. The van der Waals surface area contributed by atoms with Crippen LogP contribution in [0.2, 0.25) is 0 Å². The maximum Gasteiger partial charge on any atom is 0.433 e. The van der Waals surface area contributed by atoms with Crippen molar-refractivity contribution >= 4 is 40.6 Å². The molecule has 5 rings (SSSR count). The SMILES string of the molecule is Nc1ncnn2cc(C(=O)NCC(F)(F)F)c(-c3ccc(NC(=O)N(c4ccccc4)c4nccc(C(F)(F)F)n4)cc3)c12. The van der Waals surface area contributed by atoms with E-state index >= 15 is 0 Å². The molecule has 11 nitrogen and oxygen atoms in total. The third kappa shape index (κ3) is 6.35. The van der Waals surface area contributed by atoms with Crippen molar-refractivity contribution in [2.45, 2.75) is 12.4 Å². The van der Waals surface area contributed by atoms with Gasteiger partial charge in [0.1, 0.15) is 24.1 Å². The minimum atomic E-state index is -4.79. The van der Waals surface area contributed by atoms with Crippen molar-refractivity contribution in [1.82, 2.24) is 29.9 Å². The fourth-order valence-electron chi connectivity index (χ4n) is 4.19. The molecule has 0 unspecified atom stereocenters. The molecule has 0 atom stereocenters. The molecule has 3 heterocycles. The number of rotatable bonds is 6. The van der Waals surface area contributed by atoms with Crippen LogP contribution in [0.5, 0.6) is 0 Å². The van der Waals surface area contributed by atoms with Crippen molar-refractivity contribution in [3.8, 4) is 11.1 Å². The first-order chi connectivity index (χ1) is 20.8. The first-order valence-corrected chi connectivity index (χ1v) is 12.5. The van der Waals surface area contributed by atoms with Gasteiger partial charge in [0.25, 0.3) is 5.91 Å². The van der Waals surface area contributed by atoms with Gasteiger partial charge in [0.2, 0.25) is 5.95 Å². The molecule has 44 heavy (non-hydrogen) atoms. The molecule has 0 aliphatic rings. The van der Waals surface area contributed by atoms with Gasteiger partial charge in [0.05, 0.1) is 11.3 Å². The molecule has 0 saturated carbocycles. The summed E-state index contributed by atoms with van der Waals surface area (Å²) >= 11 is 0. The highest BCUT2D eigenvalue weighted by molar-refractivity contribution is 6.08. The Morgan fingerprint density at radius 2 is 1.64 bits per heavy atom. The minimum Gasteiger partial charge on any atom is -0.382 e. The van der Waals surface area contributed by atoms with Crippen LogP contribution in [0.1, 0.15) is 16.1 Å². The fourth-order valence-corrected chi connectivity index (χ4v) is 4.19. The monoisotopic (exact) mass is 615 g/mol. The normalized spacial score (nSPS) is 11.8. The highest BCUT2D eigenvalue weighted by Crippen LogP contribution is 2.34. The smallest absolute Gasteiger partial charge is 0.382 e. The van der Waals surface area contributed by atoms with Crippen LogP contribution >= 0.6 is 0 Å². The lowest BCUT2D eigenvalue weighted by Crippen LogP contribution is -2.33. The van der Waals surface area contributed by atoms with Crippen LogP contribution in [-0.4, -0.2) is 49.2 Å². The number of anilines is 4. The maximum atomic E-state index is 13.4. The number of nitrogen functional groups attached to an aromatic ring is 1. The van der Waals surface area contributed by atoms with Crippen molar-refractivity contribution in [3.05, 3.63) is 90.6 Å². The number of fused-ring (bicyclic) bond motifs is 1. The molecule has 17 heteroatoms. The standard InChI is InChI=1S/C27H19F6N9O2/c28-26(29,30)13-36-23(43)18-12-41-21(22(34)37-14-38-41)20(18)15-6-8-16(9-7-15)39-25(44)42(17-4-2-1-3-5-17)24-35-11-10-19(40-24)27(31,32)33/h1-12,14H,13H2,(H,36,43)(H,39,44)(H2,34,37,38). The second-order valence-electron chi connectivity index (χ2n) is 9.07. The van der Waals surface area contributed by atoms with Crippen LogP contribution in [0.3, 0.4) is 0 Å². The minimum absolute atomic E-state index is 0.0539. The van der Waals surface area contributed by atoms with E-state index in [1.54, 1.807) is 18.2 Å². The fraction of sp³-hybridized carbons (Fsp3) is 0.111. The number of carbonyl (C=O) groups excluding carboxylic acids is 2. The van der Waals surface area contributed by atoms with E-state index in [0.717, 1.165) is 17.4 Å². The highest BCUT2D eigenvalue weighted by atomic mass is 19.4. The summed E-state index contributed by atoms with van der Waals surface area (Å²) in [7, 11) is 0. The summed E-state index contributed by atoms with van der Waals surface area (Å²) in [5, 5.41) is 8.35. The van der Waals surface area contributed by atoms with Gasteiger partial charge in [-0.05, 0) is 35.9 Å². The van der Waals surface area contributed by atoms with Gasteiger partial charge in [-0.1, -0.05) is 30.3 Å². The van der Waals surface area contributed by atoms with E-state index in [9.17, 15) is 35.9 Å². The largest absolute Gasteiger partial charge is 0.433 e. The lowest BCUT2D eigenvalue weighted by atomic mass is 10.0. The zero-order valence-electron chi connectivity index (χ0n) is 22.1. The summed E-state index contributed by atoms with van der Waals surface area (Å²) in [6, 6.07) is 13.2. The molecule has 0 bridgehead atoms. The number of alkyl halides is 6. The first kappa shape index (κ1) is 29.7. The van der Waals surface area contributed by atoms with Crippen LogP contribution in [0.4, 0.5) is 54.3 Å². The van der Waals surface area contributed by atoms with Gasteiger partial charge >= 0.3 is 18.4 Å². The summed E-state index contributed by atoms with van der Waals surface area (Å²) < 4.78 is 79.5. The highest BCUT2D eigenvalue weighted by Gasteiger charge is 2.34. The number of benzene rings is 2. The average Bonchev–Trinajstić information content (AvgIpc) is 3.37. The van der Waals surface area contributed by atoms with E-state index < -0.39 is 42.5 Å². The van der Waals surface area contributed by atoms with Crippen LogP contribution in [-0.2, 0) is 6.18 Å². The second kappa shape index (κ2) is 11.5. The zero-order valence-corrected chi connectivity index (χ0v) is 22.1. The summed E-state index contributed by atoms with van der Waals surface area (Å²) in [4.78, 5) is 38.2. The number of hydrogen-bond donors (Lipinski definition) is 3. The maximum absolute atomic E-state index is 13.4. The number of hydrogen-bond acceptors (Lipinski definition) is 7. The van der Waals surface area contributed by atoms with E-state index in [1.165, 1.54) is 47.1 Å². The number of nitrogens with one attached hydrogen (secondary N) is 2. The number of para-hydroxylation sites is 1. The summed E-state index contributed by atoms with van der Waals surface area (Å²) in [6.07, 6.45) is -6.25. The average molecular weight is 615 g/mol. The van der Waals surface area contributed by atoms with E-state index in [4.69, 9.17) is 5.73 Å². The molecule has 3 aromatic heterocycles. The second-order valence-corrected chi connectivity index (χ2v) is 9.07. The topological polar surface area (TPSA) is 143 Å². The Kier molecular flexibility index (Phi) is 7.78. The van der Waals surface area contributed by atoms with Crippen LogP contribution in [0.15, 0.2) is 79.4 Å². The number of nitrogens with two attached hydrogens (primary N) is 1. The third-order valence-electron chi connectivity index (χ3n) is 6.07. The quantitative estimate of drug-likeness (QED) is 0.216. The molecule has 226 valence electrons. The van der Waals surface area contributed by atoms with E-state index in [1.807, 2.05) is 5.32 Å². The van der Waals surface area contributed by atoms with Gasteiger partial charge in [-0.25, -0.2) is 29.2 Å². The predicted molar refractivity (Wildman–Crippen MR) is 146 cm³/mol. The van der Waals surface area contributed by atoms with Gasteiger partial charge in [-0.3, -0.25) is 4.79 Å². The lowest BCUT2D eigenvalue weighted by molar-refractivity contribution is -0.141. The Hall–Kier alpha value is -5.74. The Labute approximate surface area is 243 Å². The van der Waals surface area contributed by atoms with Crippen molar-refractivity contribution < 1.29 is 35.9 Å². The molecular formula is C27H19F6N9O2. The molecule has 0 aliphatic carbocycles. The molecule has 0 radical (unpaired) electrons. The van der Waals surface area contributed by atoms with Crippen molar-refractivity contribution in [1.29, 1.82) is 0 Å². The zero-order chi connectivity index (χ0) is 31.6. The number of nitrogens with zero attached hydrogens (tertiary/aromatic N) is 6. The number of carbonyl (C=O) groups is 2. The number of urea groups is 1. The first-order valence-electron chi connectivity index (χ1n) is 12.5. The third-order valence-corrected chi connectivity index (χ3v) is 6.07. The van der Waals surface area contributed by atoms with E-state index in [2.05, 4.69) is 25.4 Å². The van der Waals surface area contributed by atoms with Crippen molar-refractivity contribution in [2.24, 2.45) is 0 Å². The van der Waals surface area contributed by atoms with Gasteiger partial charge in [0.15, 0.2) is 5.82 Å². The van der Waals surface area contributed by atoms with Crippen molar-refractivity contribution in [3.63, 3.8) is 0 Å². The molecule has 0 fully saturated rings. The Morgan fingerprint density at radius 3 is 2.30 bits per heavy atom. The van der Waals surface area contributed by atoms with Gasteiger partial charge in [-0.15, -0.1) is 0 Å². The molecule has 2 aromatic carbocycles.